The minimum atomic E-state index is 0.273. The van der Waals surface area contributed by atoms with Crippen molar-refractivity contribution in [2.45, 2.75) is 30.7 Å². The summed E-state index contributed by atoms with van der Waals surface area (Å²) in [5.41, 5.74) is 1.28. The SMILES string of the molecule is CNC(C)c1ccc(SCC(=O)N2CCCC2)cc1. The van der Waals surface area contributed by atoms with E-state index in [9.17, 15) is 4.79 Å². The van der Waals surface area contributed by atoms with Crippen LogP contribution in [0.3, 0.4) is 0 Å². The Morgan fingerprint density at radius 3 is 2.53 bits per heavy atom. The molecule has 1 atom stereocenters. The third-order valence-electron chi connectivity index (χ3n) is 3.63. The molecule has 0 radical (unpaired) electrons. The summed E-state index contributed by atoms with van der Waals surface area (Å²) in [5, 5.41) is 3.22. The Hall–Kier alpha value is -1.00. The monoisotopic (exact) mass is 278 g/mol. The first-order chi connectivity index (χ1) is 9.20. The van der Waals surface area contributed by atoms with E-state index in [1.54, 1.807) is 11.8 Å². The number of hydrogen-bond acceptors (Lipinski definition) is 3. The number of thioether (sulfide) groups is 1. The highest BCUT2D eigenvalue weighted by molar-refractivity contribution is 8.00. The molecule has 1 heterocycles. The maximum Gasteiger partial charge on any atom is 0.232 e. The molecule has 1 aromatic rings. The number of nitrogens with zero attached hydrogens (tertiary/aromatic N) is 1. The summed E-state index contributed by atoms with van der Waals surface area (Å²) in [6.07, 6.45) is 2.32. The molecular formula is C15H22N2OS. The number of likely N-dealkylation sites (tertiary alicyclic amines) is 1. The molecule has 104 valence electrons. The van der Waals surface area contributed by atoms with Gasteiger partial charge in [0.15, 0.2) is 0 Å². The number of carbonyl (C=O) groups is 1. The Bertz CT molecular complexity index is 413. The van der Waals surface area contributed by atoms with Crippen LogP contribution in [-0.2, 0) is 4.79 Å². The predicted octanol–water partition coefficient (Wildman–Crippen LogP) is 2.68. The molecule has 1 aromatic carbocycles. The summed E-state index contributed by atoms with van der Waals surface area (Å²) < 4.78 is 0. The van der Waals surface area contributed by atoms with Gasteiger partial charge in [0.2, 0.25) is 5.91 Å². The summed E-state index contributed by atoms with van der Waals surface area (Å²) in [6.45, 7) is 4.02. The van der Waals surface area contributed by atoms with Crippen LogP contribution < -0.4 is 5.32 Å². The molecule has 1 saturated heterocycles. The molecule has 0 bridgehead atoms. The molecule has 1 unspecified atom stereocenters. The Balaban J connectivity index is 1.84. The zero-order valence-corrected chi connectivity index (χ0v) is 12.5. The molecule has 2 rings (SSSR count). The van der Waals surface area contributed by atoms with Gasteiger partial charge in [0, 0.05) is 24.0 Å². The lowest BCUT2D eigenvalue weighted by Crippen LogP contribution is -2.29. The van der Waals surface area contributed by atoms with Gasteiger partial charge in [0.25, 0.3) is 0 Å². The third-order valence-corrected chi connectivity index (χ3v) is 4.63. The Morgan fingerprint density at radius 2 is 1.95 bits per heavy atom. The quantitative estimate of drug-likeness (QED) is 0.841. The number of rotatable bonds is 5. The van der Waals surface area contributed by atoms with Gasteiger partial charge in [-0.15, -0.1) is 11.8 Å². The van der Waals surface area contributed by atoms with Crippen molar-refractivity contribution in [2.24, 2.45) is 0 Å². The fraction of sp³-hybridized carbons (Fsp3) is 0.533. The number of amides is 1. The van der Waals surface area contributed by atoms with Crippen molar-refractivity contribution >= 4 is 17.7 Å². The molecule has 1 fully saturated rings. The van der Waals surface area contributed by atoms with E-state index in [0.717, 1.165) is 25.9 Å². The number of hydrogen-bond donors (Lipinski definition) is 1. The average molecular weight is 278 g/mol. The molecular weight excluding hydrogens is 256 g/mol. The van der Waals surface area contributed by atoms with Gasteiger partial charge in [-0.1, -0.05) is 12.1 Å². The third kappa shape index (κ3) is 3.98. The van der Waals surface area contributed by atoms with E-state index >= 15 is 0 Å². The van der Waals surface area contributed by atoms with Crippen LogP contribution in [0.4, 0.5) is 0 Å². The Morgan fingerprint density at radius 1 is 1.32 bits per heavy atom. The first-order valence-corrected chi connectivity index (χ1v) is 7.87. The number of carbonyl (C=O) groups excluding carboxylic acids is 1. The van der Waals surface area contributed by atoms with Crippen LogP contribution >= 0.6 is 11.8 Å². The van der Waals surface area contributed by atoms with Gasteiger partial charge < -0.3 is 10.2 Å². The maximum absolute atomic E-state index is 11.9. The molecule has 0 spiro atoms. The Labute approximate surface area is 119 Å². The van der Waals surface area contributed by atoms with E-state index in [1.165, 1.54) is 10.5 Å². The fourth-order valence-electron chi connectivity index (χ4n) is 2.22. The lowest BCUT2D eigenvalue weighted by molar-refractivity contribution is -0.127. The van der Waals surface area contributed by atoms with Crippen LogP contribution in [0.5, 0.6) is 0 Å². The second kappa shape index (κ2) is 6.96. The van der Waals surface area contributed by atoms with Crippen LogP contribution in [0, 0.1) is 0 Å². The normalized spacial score (nSPS) is 16.6. The second-order valence-corrected chi connectivity index (χ2v) is 6.00. The minimum Gasteiger partial charge on any atom is -0.342 e. The maximum atomic E-state index is 11.9. The van der Waals surface area contributed by atoms with Crippen LogP contribution in [-0.4, -0.2) is 36.7 Å². The van der Waals surface area contributed by atoms with Gasteiger partial charge in [0.05, 0.1) is 5.75 Å². The molecule has 0 saturated carbocycles. The highest BCUT2D eigenvalue weighted by Crippen LogP contribution is 2.22. The van der Waals surface area contributed by atoms with Crippen molar-refractivity contribution < 1.29 is 4.79 Å². The van der Waals surface area contributed by atoms with Crippen LogP contribution in [0.15, 0.2) is 29.2 Å². The van der Waals surface area contributed by atoms with Crippen molar-refractivity contribution in [3.63, 3.8) is 0 Å². The topological polar surface area (TPSA) is 32.3 Å². The zero-order valence-electron chi connectivity index (χ0n) is 11.7. The molecule has 4 heteroatoms. The van der Waals surface area contributed by atoms with E-state index in [0.29, 0.717) is 11.8 Å². The zero-order chi connectivity index (χ0) is 13.7. The molecule has 1 N–H and O–H groups in total. The lowest BCUT2D eigenvalue weighted by atomic mass is 10.1. The van der Waals surface area contributed by atoms with Gasteiger partial charge >= 0.3 is 0 Å². The summed E-state index contributed by atoms with van der Waals surface area (Å²) in [4.78, 5) is 15.1. The standard InChI is InChI=1S/C15H22N2OS/c1-12(16-2)13-5-7-14(8-6-13)19-11-15(18)17-9-3-4-10-17/h5-8,12,16H,3-4,9-11H2,1-2H3. The van der Waals surface area contributed by atoms with Crippen molar-refractivity contribution in [2.75, 3.05) is 25.9 Å². The van der Waals surface area contributed by atoms with E-state index in [-0.39, 0.29) is 5.91 Å². The van der Waals surface area contributed by atoms with Gasteiger partial charge in [0.1, 0.15) is 0 Å². The number of nitrogens with one attached hydrogen (secondary N) is 1. The first-order valence-electron chi connectivity index (χ1n) is 6.88. The molecule has 1 aliphatic heterocycles. The van der Waals surface area contributed by atoms with Gasteiger partial charge in [-0.05, 0) is 44.5 Å². The van der Waals surface area contributed by atoms with E-state index in [4.69, 9.17) is 0 Å². The summed E-state index contributed by atoms with van der Waals surface area (Å²) in [7, 11) is 1.96. The predicted molar refractivity (Wildman–Crippen MR) is 80.5 cm³/mol. The molecule has 0 aliphatic carbocycles. The summed E-state index contributed by atoms with van der Waals surface area (Å²) in [5.74, 6) is 0.830. The second-order valence-electron chi connectivity index (χ2n) is 4.96. The van der Waals surface area contributed by atoms with Gasteiger partial charge in [-0.3, -0.25) is 4.79 Å². The molecule has 0 aromatic heterocycles. The molecule has 1 aliphatic rings. The van der Waals surface area contributed by atoms with E-state index in [2.05, 4.69) is 36.5 Å². The van der Waals surface area contributed by atoms with Crippen molar-refractivity contribution in [3.8, 4) is 0 Å². The highest BCUT2D eigenvalue weighted by atomic mass is 32.2. The summed E-state index contributed by atoms with van der Waals surface area (Å²) in [6, 6.07) is 8.83. The van der Waals surface area contributed by atoms with E-state index < -0.39 is 0 Å². The van der Waals surface area contributed by atoms with E-state index in [1.807, 2.05) is 11.9 Å². The smallest absolute Gasteiger partial charge is 0.232 e. The fourth-order valence-corrected chi connectivity index (χ4v) is 3.02. The average Bonchev–Trinajstić information content (AvgIpc) is 2.98. The summed E-state index contributed by atoms with van der Waals surface area (Å²) >= 11 is 1.63. The molecule has 1 amide bonds. The number of benzene rings is 1. The van der Waals surface area contributed by atoms with Gasteiger partial charge in [-0.25, -0.2) is 0 Å². The largest absolute Gasteiger partial charge is 0.342 e. The Kier molecular flexibility index (Phi) is 5.28. The van der Waals surface area contributed by atoms with Gasteiger partial charge in [-0.2, -0.15) is 0 Å². The van der Waals surface area contributed by atoms with Crippen LogP contribution in [0.2, 0.25) is 0 Å². The van der Waals surface area contributed by atoms with Crippen molar-refractivity contribution in [1.29, 1.82) is 0 Å². The molecule has 19 heavy (non-hydrogen) atoms. The van der Waals surface area contributed by atoms with Crippen LogP contribution in [0.1, 0.15) is 31.4 Å². The molecule has 3 nitrogen and oxygen atoms in total. The van der Waals surface area contributed by atoms with Crippen molar-refractivity contribution in [1.82, 2.24) is 10.2 Å². The minimum absolute atomic E-state index is 0.273. The highest BCUT2D eigenvalue weighted by Gasteiger charge is 2.17. The first kappa shape index (κ1) is 14.4. The van der Waals surface area contributed by atoms with Crippen molar-refractivity contribution in [3.05, 3.63) is 29.8 Å². The lowest BCUT2D eigenvalue weighted by Gasteiger charge is -2.15. The van der Waals surface area contributed by atoms with Crippen LogP contribution in [0.25, 0.3) is 0 Å².